The van der Waals surface area contributed by atoms with Gasteiger partial charge in [0.15, 0.2) is 10.6 Å². The van der Waals surface area contributed by atoms with Gasteiger partial charge in [-0.05, 0) is 50.2 Å². The molecule has 0 saturated heterocycles. The molecule has 0 fully saturated rings. The lowest BCUT2D eigenvalue weighted by Gasteiger charge is -2.15. The fraction of sp³-hybridized carbons (Fsp3) is 0.286. The molecule has 3 aromatic rings. The molecule has 0 aliphatic heterocycles. The van der Waals surface area contributed by atoms with Gasteiger partial charge in [0.2, 0.25) is 15.9 Å². The summed E-state index contributed by atoms with van der Waals surface area (Å²) in [6, 6.07) is 12.8. The lowest BCUT2D eigenvalue weighted by atomic mass is 10.1. The van der Waals surface area contributed by atoms with E-state index in [9.17, 15) is 13.2 Å². The fourth-order valence-electron chi connectivity index (χ4n) is 3.09. The first-order valence-corrected chi connectivity index (χ1v) is 11.9. The van der Waals surface area contributed by atoms with Crippen molar-refractivity contribution in [2.24, 2.45) is 0 Å². The molecule has 0 bridgehead atoms. The van der Waals surface area contributed by atoms with Gasteiger partial charge < -0.3 is 5.32 Å². The Labute approximate surface area is 186 Å². The fourth-order valence-corrected chi connectivity index (χ4v) is 4.48. The SMILES string of the molecule is CCCS(=O)(=O)Nc1cccc(NC(=O)Cn2c(-c3ccc(C)cc3)n[nH]c2=S)c1C. The Morgan fingerprint density at radius 2 is 1.81 bits per heavy atom. The summed E-state index contributed by atoms with van der Waals surface area (Å²) in [7, 11) is -3.43. The van der Waals surface area contributed by atoms with Crippen LogP contribution in [0.1, 0.15) is 24.5 Å². The molecule has 1 aromatic heterocycles. The molecule has 3 N–H and O–H groups in total. The second-order valence-electron chi connectivity index (χ2n) is 7.25. The Morgan fingerprint density at radius 3 is 2.48 bits per heavy atom. The van der Waals surface area contributed by atoms with Crippen molar-refractivity contribution in [3.63, 3.8) is 0 Å². The van der Waals surface area contributed by atoms with Crippen molar-refractivity contribution in [1.82, 2.24) is 14.8 Å². The summed E-state index contributed by atoms with van der Waals surface area (Å²) in [5.41, 5.74) is 3.55. The van der Waals surface area contributed by atoms with Crippen LogP contribution in [0.3, 0.4) is 0 Å². The Morgan fingerprint density at radius 1 is 1.13 bits per heavy atom. The minimum atomic E-state index is -3.43. The molecule has 1 amide bonds. The van der Waals surface area contributed by atoms with Crippen LogP contribution in [0.25, 0.3) is 11.4 Å². The number of amides is 1. The number of rotatable bonds is 8. The van der Waals surface area contributed by atoms with Crippen LogP contribution in [-0.4, -0.2) is 34.8 Å². The second-order valence-corrected chi connectivity index (χ2v) is 9.48. The third kappa shape index (κ3) is 5.59. The van der Waals surface area contributed by atoms with Crippen LogP contribution in [0, 0.1) is 18.6 Å². The molecule has 2 aromatic carbocycles. The Bertz CT molecular complexity index is 1240. The number of aromatic nitrogens is 3. The first-order chi connectivity index (χ1) is 14.7. The van der Waals surface area contributed by atoms with Crippen LogP contribution in [0.5, 0.6) is 0 Å². The number of sulfonamides is 1. The van der Waals surface area contributed by atoms with E-state index in [2.05, 4.69) is 20.2 Å². The molecule has 0 unspecified atom stereocenters. The van der Waals surface area contributed by atoms with Crippen molar-refractivity contribution in [3.05, 3.63) is 58.4 Å². The molecule has 8 nitrogen and oxygen atoms in total. The van der Waals surface area contributed by atoms with E-state index >= 15 is 0 Å². The van der Waals surface area contributed by atoms with E-state index in [0.29, 0.717) is 34.0 Å². The van der Waals surface area contributed by atoms with Gasteiger partial charge >= 0.3 is 0 Å². The van der Waals surface area contributed by atoms with E-state index in [1.165, 1.54) is 0 Å². The summed E-state index contributed by atoms with van der Waals surface area (Å²) in [6.07, 6.45) is 0.513. The second kappa shape index (κ2) is 9.44. The molecule has 164 valence electrons. The Kier molecular flexibility index (Phi) is 6.91. The van der Waals surface area contributed by atoms with E-state index in [1.54, 1.807) is 36.6 Å². The largest absolute Gasteiger partial charge is 0.324 e. The lowest BCUT2D eigenvalue weighted by Crippen LogP contribution is -2.21. The first-order valence-electron chi connectivity index (χ1n) is 9.82. The van der Waals surface area contributed by atoms with Crippen LogP contribution >= 0.6 is 12.2 Å². The monoisotopic (exact) mass is 459 g/mol. The maximum atomic E-state index is 12.8. The molecule has 0 aliphatic carbocycles. The van der Waals surface area contributed by atoms with Crippen molar-refractivity contribution in [1.29, 1.82) is 0 Å². The summed E-state index contributed by atoms with van der Waals surface area (Å²) in [5, 5.41) is 9.83. The van der Waals surface area contributed by atoms with Gasteiger partial charge in [-0.2, -0.15) is 5.10 Å². The average molecular weight is 460 g/mol. The summed E-state index contributed by atoms with van der Waals surface area (Å²) in [4.78, 5) is 12.8. The number of aromatic amines is 1. The first kappa shape index (κ1) is 22.7. The maximum absolute atomic E-state index is 12.8. The lowest BCUT2D eigenvalue weighted by molar-refractivity contribution is -0.116. The summed E-state index contributed by atoms with van der Waals surface area (Å²) < 4.78 is 28.7. The molecular weight excluding hydrogens is 434 g/mol. The number of carbonyl (C=O) groups is 1. The molecule has 0 atom stereocenters. The molecular formula is C21H25N5O3S2. The topological polar surface area (TPSA) is 109 Å². The highest BCUT2D eigenvalue weighted by Crippen LogP contribution is 2.25. The highest BCUT2D eigenvalue weighted by molar-refractivity contribution is 7.92. The van der Waals surface area contributed by atoms with Gasteiger partial charge in [0.1, 0.15) is 6.54 Å². The summed E-state index contributed by atoms with van der Waals surface area (Å²) >= 11 is 5.30. The van der Waals surface area contributed by atoms with Crippen LogP contribution in [0.4, 0.5) is 11.4 Å². The number of nitrogens with one attached hydrogen (secondary N) is 3. The quantitative estimate of drug-likeness (QED) is 0.441. The molecule has 0 saturated carbocycles. The predicted octanol–water partition coefficient (Wildman–Crippen LogP) is 4.01. The van der Waals surface area contributed by atoms with E-state index in [-0.39, 0.29) is 18.2 Å². The number of carbonyl (C=O) groups excluding carboxylic acids is 1. The molecule has 3 rings (SSSR count). The minimum absolute atomic E-state index is 0.0313. The number of aryl methyl sites for hydroxylation is 1. The third-order valence-corrected chi connectivity index (χ3v) is 6.50. The van der Waals surface area contributed by atoms with E-state index in [4.69, 9.17) is 12.2 Å². The van der Waals surface area contributed by atoms with E-state index in [1.807, 2.05) is 31.2 Å². The summed E-state index contributed by atoms with van der Waals surface area (Å²) in [6.45, 7) is 5.51. The zero-order valence-electron chi connectivity index (χ0n) is 17.6. The predicted molar refractivity (Wildman–Crippen MR) is 125 cm³/mol. The number of nitrogens with zero attached hydrogens (tertiary/aromatic N) is 2. The number of anilines is 2. The zero-order valence-corrected chi connectivity index (χ0v) is 19.2. The number of hydrogen-bond acceptors (Lipinski definition) is 5. The average Bonchev–Trinajstić information content (AvgIpc) is 3.06. The van der Waals surface area contributed by atoms with E-state index < -0.39 is 10.0 Å². The van der Waals surface area contributed by atoms with Gasteiger partial charge in [-0.1, -0.05) is 42.8 Å². The van der Waals surface area contributed by atoms with Crippen LogP contribution in [0.15, 0.2) is 42.5 Å². The van der Waals surface area contributed by atoms with Crippen molar-refractivity contribution in [2.45, 2.75) is 33.7 Å². The van der Waals surface area contributed by atoms with Crippen LogP contribution in [-0.2, 0) is 21.4 Å². The van der Waals surface area contributed by atoms with Gasteiger partial charge in [-0.15, -0.1) is 0 Å². The zero-order chi connectivity index (χ0) is 22.6. The van der Waals surface area contributed by atoms with Crippen molar-refractivity contribution in [2.75, 3.05) is 15.8 Å². The third-order valence-electron chi connectivity index (χ3n) is 4.72. The molecule has 0 radical (unpaired) electrons. The molecule has 0 aliphatic rings. The van der Waals surface area contributed by atoms with Crippen LogP contribution in [0.2, 0.25) is 0 Å². The van der Waals surface area contributed by atoms with Crippen LogP contribution < -0.4 is 10.0 Å². The molecule has 0 spiro atoms. The molecule has 1 heterocycles. The molecule has 31 heavy (non-hydrogen) atoms. The highest BCUT2D eigenvalue weighted by Gasteiger charge is 2.15. The Hall–Kier alpha value is -2.98. The molecule has 10 heteroatoms. The highest BCUT2D eigenvalue weighted by atomic mass is 32.2. The summed E-state index contributed by atoms with van der Waals surface area (Å²) in [5.74, 6) is 0.296. The van der Waals surface area contributed by atoms with Gasteiger partial charge in [0.25, 0.3) is 0 Å². The smallest absolute Gasteiger partial charge is 0.244 e. The maximum Gasteiger partial charge on any atom is 0.244 e. The van der Waals surface area contributed by atoms with Crippen molar-refractivity contribution < 1.29 is 13.2 Å². The van der Waals surface area contributed by atoms with Gasteiger partial charge in [-0.3, -0.25) is 19.2 Å². The van der Waals surface area contributed by atoms with E-state index in [0.717, 1.165) is 11.1 Å². The standard InChI is InChI=1S/C21H25N5O3S2/c1-4-12-31(28,29)25-18-7-5-6-17(15(18)3)22-19(27)13-26-20(23-24-21(26)30)16-10-8-14(2)9-11-16/h5-11,25H,4,12-13H2,1-3H3,(H,22,27)(H,24,30). The van der Waals surface area contributed by atoms with Gasteiger partial charge in [0.05, 0.1) is 11.4 Å². The minimum Gasteiger partial charge on any atom is -0.324 e. The number of hydrogen-bond donors (Lipinski definition) is 3. The number of benzene rings is 2. The van der Waals surface area contributed by atoms with Crippen molar-refractivity contribution >= 4 is 39.5 Å². The van der Waals surface area contributed by atoms with Gasteiger partial charge in [-0.25, -0.2) is 8.42 Å². The van der Waals surface area contributed by atoms with Crippen molar-refractivity contribution in [3.8, 4) is 11.4 Å². The number of H-pyrrole nitrogens is 1. The Balaban J connectivity index is 1.80. The normalized spacial score (nSPS) is 11.3. The van der Waals surface area contributed by atoms with Gasteiger partial charge in [0, 0.05) is 11.3 Å².